The topological polar surface area (TPSA) is 66.4 Å². The van der Waals surface area contributed by atoms with Crippen molar-refractivity contribution in [2.24, 2.45) is 5.41 Å². The van der Waals surface area contributed by atoms with Crippen LogP contribution in [0.5, 0.6) is 0 Å². The summed E-state index contributed by atoms with van der Waals surface area (Å²) in [7, 11) is 0. The Morgan fingerprint density at radius 2 is 1.95 bits per heavy atom. The first kappa shape index (κ1) is 17.1. The number of aryl methyl sites for hydroxylation is 1. The van der Waals surface area contributed by atoms with Crippen molar-refractivity contribution in [3.05, 3.63) is 35.1 Å². The summed E-state index contributed by atoms with van der Waals surface area (Å²) in [6.07, 6.45) is 1.33. The maximum absolute atomic E-state index is 13.2. The summed E-state index contributed by atoms with van der Waals surface area (Å²) in [5.41, 5.74) is 0.889. The zero-order valence-corrected chi connectivity index (χ0v) is 12.7. The van der Waals surface area contributed by atoms with E-state index in [4.69, 9.17) is 5.11 Å². The van der Waals surface area contributed by atoms with E-state index in [1.165, 1.54) is 12.1 Å². The van der Waals surface area contributed by atoms with Crippen molar-refractivity contribution in [1.29, 1.82) is 0 Å². The summed E-state index contributed by atoms with van der Waals surface area (Å²) in [6.45, 7) is 6.12. The number of halogens is 1. The molecule has 0 aliphatic carbocycles. The molecule has 4 nitrogen and oxygen atoms in total. The molecule has 0 aliphatic rings. The van der Waals surface area contributed by atoms with Crippen LogP contribution in [0.3, 0.4) is 0 Å². The number of carboxylic acids is 1. The van der Waals surface area contributed by atoms with Crippen molar-refractivity contribution >= 4 is 11.9 Å². The predicted octanol–water partition coefficient (Wildman–Crippen LogP) is 3.15. The van der Waals surface area contributed by atoms with Gasteiger partial charge in [-0.3, -0.25) is 9.59 Å². The van der Waals surface area contributed by atoms with Crippen molar-refractivity contribution in [3.8, 4) is 0 Å². The zero-order chi connectivity index (χ0) is 16.0. The Bertz CT molecular complexity index is 526. The number of carbonyl (C=O) groups is 2. The third-order valence-corrected chi connectivity index (χ3v) is 3.55. The lowest BCUT2D eigenvalue weighted by atomic mass is 9.84. The Hall–Kier alpha value is -1.91. The second-order valence-electron chi connectivity index (χ2n) is 6.02. The summed E-state index contributed by atoms with van der Waals surface area (Å²) in [5.74, 6) is -1.56. The number of amides is 1. The number of rotatable bonds is 7. The van der Waals surface area contributed by atoms with E-state index < -0.39 is 11.8 Å². The van der Waals surface area contributed by atoms with Crippen LogP contribution in [0.15, 0.2) is 18.2 Å². The second kappa shape index (κ2) is 7.20. The van der Waals surface area contributed by atoms with Crippen molar-refractivity contribution in [3.63, 3.8) is 0 Å². The molecule has 0 aliphatic heterocycles. The monoisotopic (exact) mass is 295 g/mol. The van der Waals surface area contributed by atoms with Gasteiger partial charge in [-0.15, -0.1) is 0 Å². The highest BCUT2D eigenvalue weighted by Crippen LogP contribution is 2.26. The van der Waals surface area contributed by atoms with Gasteiger partial charge in [0, 0.05) is 18.5 Å². The van der Waals surface area contributed by atoms with E-state index in [9.17, 15) is 14.0 Å². The maximum atomic E-state index is 13.2. The van der Waals surface area contributed by atoms with Crippen LogP contribution in [0.2, 0.25) is 0 Å². The third-order valence-electron chi connectivity index (χ3n) is 3.55. The van der Waals surface area contributed by atoms with Gasteiger partial charge in [-0.2, -0.15) is 0 Å². The number of carbonyl (C=O) groups excluding carboxylic acids is 1. The lowest BCUT2D eigenvalue weighted by molar-refractivity contribution is -0.137. The van der Waals surface area contributed by atoms with Gasteiger partial charge in [0.25, 0.3) is 5.91 Å². The number of hydrogen-bond donors (Lipinski definition) is 2. The normalized spacial score (nSPS) is 11.2. The second-order valence-corrected chi connectivity index (χ2v) is 6.02. The first-order chi connectivity index (χ1) is 9.71. The molecule has 0 unspecified atom stereocenters. The quantitative estimate of drug-likeness (QED) is 0.812. The van der Waals surface area contributed by atoms with E-state index in [0.717, 1.165) is 5.56 Å². The number of hydrogen-bond acceptors (Lipinski definition) is 2. The van der Waals surface area contributed by atoms with E-state index in [-0.39, 0.29) is 17.7 Å². The minimum atomic E-state index is -0.817. The molecule has 0 fully saturated rings. The molecule has 0 bridgehead atoms. The molecule has 21 heavy (non-hydrogen) atoms. The molecule has 1 amide bonds. The first-order valence-corrected chi connectivity index (χ1v) is 6.97. The smallest absolute Gasteiger partial charge is 0.303 e. The first-order valence-electron chi connectivity index (χ1n) is 6.97. The van der Waals surface area contributed by atoms with Crippen LogP contribution in [-0.4, -0.2) is 23.5 Å². The molecule has 0 atom stereocenters. The van der Waals surface area contributed by atoms with Gasteiger partial charge in [0.1, 0.15) is 5.82 Å². The fourth-order valence-corrected chi connectivity index (χ4v) is 2.02. The Morgan fingerprint density at radius 3 is 2.57 bits per heavy atom. The molecule has 0 spiro atoms. The minimum Gasteiger partial charge on any atom is -0.481 e. The largest absolute Gasteiger partial charge is 0.481 e. The summed E-state index contributed by atoms with van der Waals surface area (Å²) in [5, 5.41) is 11.4. The van der Waals surface area contributed by atoms with Gasteiger partial charge in [-0.05, 0) is 42.9 Å². The number of benzene rings is 1. The fraction of sp³-hybridized carbons (Fsp3) is 0.500. The highest BCUT2D eigenvalue weighted by atomic mass is 19.1. The number of nitrogens with one attached hydrogen (secondary N) is 1. The summed E-state index contributed by atoms with van der Waals surface area (Å²) >= 11 is 0. The third kappa shape index (κ3) is 5.94. The van der Waals surface area contributed by atoms with Crippen LogP contribution < -0.4 is 5.32 Å². The number of carboxylic acid groups (broad SMARTS) is 1. The van der Waals surface area contributed by atoms with Crippen LogP contribution in [-0.2, 0) is 4.79 Å². The fourth-order valence-electron chi connectivity index (χ4n) is 2.02. The van der Waals surface area contributed by atoms with Crippen molar-refractivity contribution < 1.29 is 19.1 Å². The highest BCUT2D eigenvalue weighted by molar-refractivity contribution is 5.95. The molecular formula is C16H22FNO3. The van der Waals surface area contributed by atoms with Gasteiger partial charge in [0.2, 0.25) is 0 Å². The molecule has 5 heteroatoms. The molecule has 0 aromatic heterocycles. The zero-order valence-electron chi connectivity index (χ0n) is 12.7. The van der Waals surface area contributed by atoms with E-state index in [2.05, 4.69) is 5.32 Å². The molecule has 0 radical (unpaired) electrons. The van der Waals surface area contributed by atoms with E-state index in [1.54, 1.807) is 13.0 Å². The minimum absolute atomic E-state index is 0.115. The summed E-state index contributed by atoms with van der Waals surface area (Å²) < 4.78 is 13.2. The van der Waals surface area contributed by atoms with Gasteiger partial charge in [0.05, 0.1) is 0 Å². The molecule has 1 aromatic carbocycles. The molecule has 1 aromatic rings. The van der Waals surface area contributed by atoms with Gasteiger partial charge in [-0.1, -0.05) is 19.9 Å². The van der Waals surface area contributed by atoms with Crippen LogP contribution in [0.1, 0.15) is 49.0 Å². The molecule has 0 saturated carbocycles. The van der Waals surface area contributed by atoms with Gasteiger partial charge in [-0.25, -0.2) is 4.39 Å². The highest BCUT2D eigenvalue weighted by Gasteiger charge is 2.19. The van der Waals surface area contributed by atoms with Crippen LogP contribution >= 0.6 is 0 Å². The molecule has 0 heterocycles. The Balaban J connectivity index is 2.50. The van der Waals surface area contributed by atoms with Crippen molar-refractivity contribution in [2.45, 2.75) is 40.0 Å². The summed E-state index contributed by atoms with van der Waals surface area (Å²) in [6, 6.07) is 4.11. The number of aliphatic carboxylic acids is 1. The van der Waals surface area contributed by atoms with Crippen molar-refractivity contribution in [1.82, 2.24) is 5.32 Å². The Morgan fingerprint density at radius 1 is 1.29 bits per heavy atom. The standard InChI is InChI=1S/C16H22FNO3/c1-11-4-5-12(17)10-13(11)15(21)18-9-8-16(2,3)7-6-14(19)20/h4-5,10H,6-9H2,1-3H3,(H,18,21)(H,19,20). The predicted molar refractivity (Wildman–Crippen MR) is 78.7 cm³/mol. The average molecular weight is 295 g/mol. The SMILES string of the molecule is Cc1ccc(F)cc1C(=O)NCCC(C)(C)CCC(=O)O. The Labute approximate surface area is 124 Å². The van der Waals surface area contributed by atoms with Gasteiger partial charge < -0.3 is 10.4 Å². The van der Waals surface area contributed by atoms with Gasteiger partial charge >= 0.3 is 5.97 Å². The van der Waals surface area contributed by atoms with E-state index >= 15 is 0 Å². The summed E-state index contributed by atoms with van der Waals surface area (Å²) in [4.78, 5) is 22.6. The van der Waals surface area contributed by atoms with Gasteiger partial charge in [0.15, 0.2) is 0 Å². The average Bonchev–Trinajstić information content (AvgIpc) is 2.39. The molecule has 116 valence electrons. The lowest BCUT2D eigenvalue weighted by Gasteiger charge is -2.23. The van der Waals surface area contributed by atoms with Crippen LogP contribution in [0.25, 0.3) is 0 Å². The van der Waals surface area contributed by atoms with Crippen LogP contribution in [0.4, 0.5) is 4.39 Å². The molecular weight excluding hydrogens is 273 g/mol. The van der Waals surface area contributed by atoms with Crippen molar-refractivity contribution in [2.75, 3.05) is 6.54 Å². The molecule has 1 rings (SSSR count). The Kier molecular flexibility index (Phi) is 5.88. The lowest BCUT2D eigenvalue weighted by Crippen LogP contribution is -2.29. The molecule has 2 N–H and O–H groups in total. The van der Waals surface area contributed by atoms with E-state index in [1.807, 2.05) is 13.8 Å². The molecule has 0 saturated heterocycles. The maximum Gasteiger partial charge on any atom is 0.303 e. The van der Waals surface area contributed by atoms with Crippen LogP contribution in [0, 0.1) is 18.2 Å². The van der Waals surface area contributed by atoms with E-state index in [0.29, 0.717) is 24.9 Å².